The van der Waals surface area contributed by atoms with Gasteiger partial charge < -0.3 is 9.42 Å². The van der Waals surface area contributed by atoms with E-state index in [1.165, 1.54) is 17.3 Å². The van der Waals surface area contributed by atoms with Crippen molar-refractivity contribution in [1.82, 2.24) is 10.1 Å². The van der Waals surface area contributed by atoms with Crippen molar-refractivity contribution in [3.8, 4) is 0 Å². The van der Waals surface area contributed by atoms with Crippen LogP contribution in [0.5, 0.6) is 0 Å². The molecule has 4 rings (SSSR count). The number of rotatable bonds is 0. The second-order valence-electron chi connectivity index (χ2n) is 4.83. The van der Waals surface area contributed by atoms with Crippen LogP contribution in [0.3, 0.4) is 0 Å². The molecule has 0 unspecified atom stereocenters. The number of hydrogen-bond donors (Lipinski definition) is 0. The first kappa shape index (κ1) is 9.88. The highest BCUT2D eigenvalue weighted by Crippen LogP contribution is 2.37. The number of nitrogens with zero attached hydrogens (tertiary/aromatic N) is 2. The first-order chi connectivity index (χ1) is 8.84. The third-order valence-electron chi connectivity index (χ3n) is 3.93. The zero-order chi connectivity index (χ0) is 12.1. The van der Waals surface area contributed by atoms with E-state index in [4.69, 9.17) is 4.52 Å². The monoisotopic (exact) mass is 240 g/mol. The maximum absolute atomic E-state index is 12.3. The van der Waals surface area contributed by atoms with Crippen molar-refractivity contribution < 1.29 is 9.32 Å². The van der Waals surface area contributed by atoms with Crippen molar-refractivity contribution in [2.45, 2.75) is 18.9 Å². The molecule has 1 aromatic carbocycles. The number of fused-ring (bicyclic) bond motifs is 4. The topological polar surface area (TPSA) is 46.3 Å². The van der Waals surface area contributed by atoms with Gasteiger partial charge in [0.05, 0.1) is 12.2 Å². The van der Waals surface area contributed by atoms with Gasteiger partial charge in [0.2, 0.25) is 0 Å². The predicted molar refractivity (Wildman–Crippen MR) is 64.1 cm³/mol. The Morgan fingerprint density at radius 1 is 1.33 bits per heavy atom. The van der Waals surface area contributed by atoms with E-state index in [9.17, 15) is 4.79 Å². The van der Waals surface area contributed by atoms with Crippen molar-refractivity contribution in [1.29, 1.82) is 0 Å². The SMILES string of the molecule is O=C1c2cnoc2C[C@H]2c3ccccc3CCN12. The quantitative estimate of drug-likeness (QED) is 0.707. The Hall–Kier alpha value is -2.10. The molecule has 90 valence electrons. The van der Waals surface area contributed by atoms with Crippen LogP contribution < -0.4 is 0 Å². The molecule has 0 spiro atoms. The van der Waals surface area contributed by atoms with Gasteiger partial charge in [-0.1, -0.05) is 29.4 Å². The molecule has 2 aliphatic heterocycles. The molecule has 4 heteroatoms. The van der Waals surface area contributed by atoms with Crippen LogP contribution in [0.25, 0.3) is 0 Å². The fourth-order valence-electron chi connectivity index (χ4n) is 3.03. The summed E-state index contributed by atoms with van der Waals surface area (Å²) in [6.45, 7) is 0.783. The molecule has 1 aromatic heterocycles. The molecule has 0 N–H and O–H groups in total. The van der Waals surface area contributed by atoms with E-state index in [0.29, 0.717) is 5.56 Å². The zero-order valence-electron chi connectivity index (χ0n) is 9.80. The molecular weight excluding hydrogens is 228 g/mol. The molecule has 0 aliphatic carbocycles. The van der Waals surface area contributed by atoms with Gasteiger partial charge in [-0.25, -0.2) is 0 Å². The van der Waals surface area contributed by atoms with Crippen molar-refractivity contribution in [3.63, 3.8) is 0 Å². The third-order valence-corrected chi connectivity index (χ3v) is 3.93. The Morgan fingerprint density at radius 3 is 3.17 bits per heavy atom. The Balaban J connectivity index is 1.86. The van der Waals surface area contributed by atoms with Gasteiger partial charge >= 0.3 is 0 Å². The Labute approximate surface area is 104 Å². The third kappa shape index (κ3) is 1.20. The van der Waals surface area contributed by atoms with Crippen LogP contribution in [-0.4, -0.2) is 22.5 Å². The molecule has 18 heavy (non-hydrogen) atoms. The average molecular weight is 240 g/mol. The Morgan fingerprint density at radius 2 is 2.22 bits per heavy atom. The molecular formula is C14H12N2O2. The fraction of sp³-hybridized carbons (Fsp3) is 0.286. The number of benzene rings is 1. The largest absolute Gasteiger partial charge is 0.360 e. The minimum Gasteiger partial charge on any atom is -0.360 e. The molecule has 3 heterocycles. The van der Waals surface area contributed by atoms with Crippen molar-refractivity contribution in [2.75, 3.05) is 6.54 Å². The lowest BCUT2D eigenvalue weighted by molar-refractivity contribution is 0.0617. The van der Waals surface area contributed by atoms with Crippen LogP contribution in [0.4, 0.5) is 0 Å². The number of aromatic nitrogens is 1. The summed E-state index contributed by atoms with van der Waals surface area (Å²) >= 11 is 0. The number of carbonyl (C=O) groups excluding carboxylic acids is 1. The molecule has 1 atom stereocenters. The van der Waals surface area contributed by atoms with E-state index < -0.39 is 0 Å². The smallest absolute Gasteiger partial charge is 0.259 e. The number of carbonyl (C=O) groups is 1. The molecule has 2 aromatic rings. The van der Waals surface area contributed by atoms with Crippen LogP contribution in [0.15, 0.2) is 35.0 Å². The number of amides is 1. The minimum atomic E-state index is 0.0528. The van der Waals surface area contributed by atoms with E-state index in [0.717, 1.165) is 25.1 Å². The average Bonchev–Trinajstić information content (AvgIpc) is 2.87. The zero-order valence-corrected chi connectivity index (χ0v) is 9.80. The summed E-state index contributed by atoms with van der Waals surface area (Å²) in [5.41, 5.74) is 3.22. The first-order valence-corrected chi connectivity index (χ1v) is 6.17. The standard InChI is InChI=1S/C14H12N2O2/c17-14-11-8-15-18-13(11)7-12-10-4-2-1-3-9(10)5-6-16(12)14/h1-4,8,12H,5-7H2/t12-/m0/s1. The van der Waals surface area contributed by atoms with E-state index in [2.05, 4.69) is 23.4 Å². The fourth-order valence-corrected chi connectivity index (χ4v) is 3.03. The Kier molecular flexibility index (Phi) is 1.89. The molecule has 0 fully saturated rings. The molecule has 0 radical (unpaired) electrons. The van der Waals surface area contributed by atoms with Crippen LogP contribution in [0.2, 0.25) is 0 Å². The maximum atomic E-state index is 12.3. The molecule has 1 amide bonds. The van der Waals surface area contributed by atoms with Gasteiger partial charge in [-0.15, -0.1) is 0 Å². The minimum absolute atomic E-state index is 0.0528. The van der Waals surface area contributed by atoms with Crippen molar-refractivity contribution in [2.24, 2.45) is 0 Å². The summed E-state index contributed by atoms with van der Waals surface area (Å²) < 4.78 is 5.19. The maximum Gasteiger partial charge on any atom is 0.259 e. The van der Waals surface area contributed by atoms with E-state index in [1.54, 1.807) is 0 Å². The molecule has 0 bridgehead atoms. The van der Waals surface area contributed by atoms with E-state index >= 15 is 0 Å². The molecule has 0 saturated carbocycles. The van der Waals surface area contributed by atoms with Gasteiger partial charge in [-0.2, -0.15) is 0 Å². The second kappa shape index (κ2) is 3.45. The highest BCUT2D eigenvalue weighted by Gasteiger charge is 2.38. The first-order valence-electron chi connectivity index (χ1n) is 6.17. The summed E-state index contributed by atoms with van der Waals surface area (Å²) in [7, 11) is 0. The highest BCUT2D eigenvalue weighted by molar-refractivity contribution is 5.96. The van der Waals surface area contributed by atoms with Gasteiger partial charge in [0, 0.05) is 13.0 Å². The van der Waals surface area contributed by atoms with Gasteiger partial charge in [-0.3, -0.25) is 4.79 Å². The van der Waals surface area contributed by atoms with Crippen molar-refractivity contribution >= 4 is 5.91 Å². The van der Waals surface area contributed by atoms with E-state index in [-0.39, 0.29) is 11.9 Å². The Bertz CT molecular complexity index is 632. The van der Waals surface area contributed by atoms with Crippen LogP contribution in [-0.2, 0) is 12.8 Å². The van der Waals surface area contributed by atoms with Crippen LogP contribution in [0.1, 0.15) is 33.3 Å². The summed E-state index contributed by atoms with van der Waals surface area (Å²) in [4.78, 5) is 14.3. The van der Waals surface area contributed by atoms with Gasteiger partial charge in [-0.05, 0) is 17.5 Å². The highest BCUT2D eigenvalue weighted by atomic mass is 16.5. The molecule has 0 saturated heterocycles. The predicted octanol–water partition coefficient (Wildman–Crippen LogP) is 1.97. The van der Waals surface area contributed by atoms with Crippen LogP contribution in [0, 0.1) is 0 Å². The lowest BCUT2D eigenvalue weighted by Gasteiger charge is -2.39. The summed E-state index contributed by atoms with van der Waals surface area (Å²) in [6, 6.07) is 8.46. The lowest BCUT2D eigenvalue weighted by atomic mass is 9.86. The summed E-state index contributed by atoms with van der Waals surface area (Å²) in [5.74, 6) is 0.773. The normalized spacial score (nSPS) is 21.2. The van der Waals surface area contributed by atoms with E-state index in [1.807, 2.05) is 11.0 Å². The second-order valence-corrected chi connectivity index (χ2v) is 4.83. The molecule has 4 nitrogen and oxygen atoms in total. The summed E-state index contributed by atoms with van der Waals surface area (Å²) in [5, 5.41) is 3.75. The molecule has 2 aliphatic rings. The van der Waals surface area contributed by atoms with Crippen LogP contribution >= 0.6 is 0 Å². The van der Waals surface area contributed by atoms with Gasteiger partial charge in [0.1, 0.15) is 5.56 Å². The van der Waals surface area contributed by atoms with Gasteiger partial charge in [0.25, 0.3) is 5.91 Å². The lowest BCUT2D eigenvalue weighted by Crippen LogP contribution is -2.43. The van der Waals surface area contributed by atoms with Gasteiger partial charge in [0.15, 0.2) is 5.76 Å². The summed E-state index contributed by atoms with van der Waals surface area (Å²) in [6.07, 6.45) is 3.20. The van der Waals surface area contributed by atoms with Crippen molar-refractivity contribution in [3.05, 3.63) is 52.9 Å². The number of hydrogen-bond acceptors (Lipinski definition) is 3.